The number of fused-ring (bicyclic) bond motifs is 4. The zero-order valence-electron chi connectivity index (χ0n) is 38.5. The monoisotopic (exact) mass is 960 g/mol. The third-order valence-electron chi connectivity index (χ3n) is 13.9. The molecule has 0 radical (unpaired) electrons. The van der Waals surface area contributed by atoms with Crippen LogP contribution in [0, 0.1) is 17.8 Å². The van der Waals surface area contributed by atoms with Gasteiger partial charge in [-0.05, 0) is 90.4 Å². The number of carbonyl (C=O) groups is 4. The van der Waals surface area contributed by atoms with Gasteiger partial charge in [-0.1, -0.05) is 121 Å². The summed E-state index contributed by atoms with van der Waals surface area (Å²) in [6.45, 7) is -0.328. The fourth-order valence-corrected chi connectivity index (χ4v) is 11.8. The molecule has 15 heteroatoms. The number of amides is 3. The number of esters is 1. The summed E-state index contributed by atoms with van der Waals surface area (Å²) in [7, 11) is 1.46. The van der Waals surface area contributed by atoms with E-state index in [0.29, 0.717) is 40.8 Å². The molecule has 3 N–H and O–H groups in total. The molecule has 3 amide bonds. The lowest BCUT2D eigenvalue weighted by molar-refractivity contribution is -0.177. The quantitative estimate of drug-likeness (QED) is 0.0492. The first-order valence-corrected chi connectivity index (χ1v) is 24.4. The highest BCUT2D eigenvalue weighted by atomic mass is 32.1. The lowest BCUT2D eigenvalue weighted by Gasteiger charge is -2.46. The summed E-state index contributed by atoms with van der Waals surface area (Å²) in [4.78, 5) is 70.1. The number of ether oxygens (including phenoxy) is 4. The second kappa shape index (κ2) is 19.8. The number of hydrogen-bond donors (Lipinski definition) is 3. The molecule has 70 heavy (non-hydrogen) atoms. The van der Waals surface area contributed by atoms with Gasteiger partial charge in [0, 0.05) is 12.7 Å². The van der Waals surface area contributed by atoms with Crippen molar-refractivity contribution in [1.82, 2.24) is 9.88 Å². The van der Waals surface area contributed by atoms with Gasteiger partial charge in [-0.15, -0.1) is 0 Å². The van der Waals surface area contributed by atoms with E-state index in [1.54, 1.807) is 42.5 Å². The van der Waals surface area contributed by atoms with Crippen molar-refractivity contribution in [3.05, 3.63) is 155 Å². The van der Waals surface area contributed by atoms with Crippen LogP contribution in [0.4, 0.5) is 15.6 Å². The molecule has 1 spiro atoms. The number of hydrogen-bond acceptors (Lipinski definition) is 13. The highest BCUT2D eigenvalue weighted by Gasteiger charge is 2.76. The van der Waals surface area contributed by atoms with Crippen LogP contribution in [0.3, 0.4) is 0 Å². The van der Waals surface area contributed by atoms with Gasteiger partial charge in [0.2, 0.25) is 11.8 Å². The standard InChI is InChI=1S/C55H52N4O10S/c1-66-32-33-68-53(64)58-42-25-20-35(26-29-54(65)27-12-2-3-13-28-54)34-40(42)55(51(58)63)44(49(61)57-52-56-41-18-10-11-19-43(41)70-52)46-50(62)69-47(37-16-8-5-9-17-37)45(36-14-6-4-7-15-36)59(46)48(55)38-21-23-39(24-22-38)67-31-30-60/h4-11,14-25,34,44-48,60,65H,2-3,12-13,27-28,30-33H2,1H3,(H,56,57,61). The minimum atomic E-state index is -2.09. The number of carbonyl (C=O) groups excluding carboxylic acids is 4. The minimum absolute atomic E-state index is 0.0283. The molecule has 6 aromatic rings. The van der Waals surface area contributed by atoms with Crippen molar-refractivity contribution in [1.29, 1.82) is 0 Å². The molecule has 3 aliphatic heterocycles. The summed E-state index contributed by atoms with van der Waals surface area (Å²) in [5.41, 5.74) is 0.0510. The highest BCUT2D eigenvalue weighted by Crippen LogP contribution is 2.66. The van der Waals surface area contributed by atoms with Crippen molar-refractivity contribution in [3.8, 4) is 17.6 Å². The molecule has 5 aromatic carbocycles. The fraction of sp³-hybridized carbons (Fsp3) is 0.327. The summed E-state index contributed by atoms with van der Waals surface area (Å²) in [6.07, 6.45) is 2.71. The van der Waals surface area contributed by atoms with Crippen LogP contribution >= 0.6 is 11.3 Å². The van der Waals surface area contributed by atoms with Gasteiger partial charge < -0.3 is 34.5 Å². The predicted octanol–water partition coefficient (Wildman–Crippen LogP) is 8.19. The largest absolute Gasteiger partial charge is 0.491 e. The average Bonchev–Trinajstić information content (AvgIpc) is 3.95. The Bertz CT molecular complexity index is 2930. The molecule has 3 fully saturated rings. The van der Waals surface area contributed by atoms with Crippen LogP contribution in [0.5, 0.6) is 5.75 Å². The van der Waals surface area contributed by atoms with Crippen molar-refractivity contribution in [2.24, 2.45) is 5.92 Å². The molecular formula is C55H52N4O10S. The van der Waals surface area contributed by atoms with Crippen molar-refractivity contribution < 1.29 is 48.3 Å². The molecule has 2 saturated heterocycles. The van der Waals surface area contributed by atoms with E-state index in [4.69, 9.17) is 23.9 Å². The van der Waals surface area contributed by atoms with E-state index in [1.807, 2.05) is 89.8 Å². The van der Waals surface area contributed by atoms with Gasteiger partial charge in [0.15, 0.2) is 5.13 Å². The van der Waals surface area contributed by atoms with Crippen molar-refractivity contribution >= 4 is 56.2 Å². The van der Waals surface area contributed by atoms with Gasteiger partial charge in [0.05, 0.1) is 47.1 Å². The van der Waals surface area contributed by atoms with Crippen molar-refractivity contribution in [2.45, 2.75) is 73.8 Å². The number of anilines is 2. The third-order valence-corrected chi connectivity index (χ3v) is 14.8. The Morgan fingerprint density at radius 2 is 1.53 bits per heavy atom. The van der Waals surface area contributed by atoms with Crippen LogP contribution in [0.1, 0.15) is 84.5 Å². The highest BCUT2D eigenvalue weighted by molar-refractivity contribution is 7.22. The number of imide groups is 1. The van der Waals surface area contributed by atoms with E-state index in [9.17, 15) is 15.0 Å². The van der Waals surface area contributed by atoms with Gasteiger partial charge in [-0.3, -0.25) is 19.3 Å². The number of cyclic esters (lactones) is 1. The number of methoxy groups -OCH3 is 1. The smallest absolute Gasteiger partial charge is 0.421 e. The summed E-state index contributed by atoms with van der Waals surface area (Å²) < 4.78 is 24.2. The Morgan fingerprint density at radius 3 is 2.23 bits per heavy atom. The molecule has 10 rings (SSSR count). The van der Waals surface area contributed by atoms with Gasteiger partial charge in [0.25, 0.3) is 0 Å². The van der Waals surface area contributed by atoms with Gasteiger partial charge >= 0.3 is 12.1 Å². The lowest BCUT2D eigenvalue weighted by Crippen LogP contribution is -2.54. The van der Waals surface area contributed by atoms with E-state index >= 15 is 14.4 Å². The maximum atomic E-state index is 16.5. The van der Waals surface area contributed by atoms with E-state index < -0.39 is 65.0 Å². The first kappa shape index (κ1) is 46.8. The molecule has 14 nitrogen and oxygen atoms in total. The molecule has 6 unspecified atom stereocenters. The zero-order chi connectivity index (χ0) is 48.4. The first-order valence-electron chi connectivity index (χ1n) is 23.6. The Morgan fingerprint density at radius 1 is 0.829 bits per heavy atom. The number of aliphatic hydroxyl groups is 2. The molecule has 0 bridgehead atoms. The van der Waals surface area contributed by atoms with Crippen molar-refractivity contribution in [2.75, 3.05) is 43.8 Å². The Balaban J connectivity index is 1.26. The molecule has 1 aromatic heterocycles. The number of morpholine rings is 1. The number of nitrogens with one attached hydrogen (secondary N) is 1. The topological polar surface area (TPSA) is 177 Å². The molecule has 4 heterocycles. The van der Waals surface area contributed by atoms with E-state index in [0.717, 1.165) is 40.8 Å². The van der Waals surface area contributed by atoms with E-state index in [1.165, 1.54) is 18.4 Å². The normalized spacial score (nSPS) is 23.7. The molecular weight excluding hydrogens is 909 g/mol. The lowest BCUT2D eigenvalue weighted by atomic mass is 9.65. The second-order valence-electron chi connectivity index (χ2n) is 18.1. The summed E-state index contributed by atoms with van der Waals surface area (Å²) in [5.74, 6) is 2.95. The summed E-state index contributed by atoms with van der Waals surface area (Å²) in [5, 5.41) is 24.6. The fourth-order valence-electron chi connectivity index (χ4n) is 10.9. The number of aliphatic hydroxyl groups excluding tert-OH is 1. The van der Waals surface area contributed by atoms with Crippen LogP contribution in [0.2, 0.25) is 0 Å². The molecule has 1 aliphatic carbocycles. The number of nitrogens with zero attached hydrogens (tertiary/aromatic N) is 3. The van der Waals surface area contributed by atoms with Gasteiger partial charge in [-0.25, -0.2) is 14.7 Å². The third kappa shape index (κ3) is 8.49. The SMILES string of the molecule is COCCOC(=O)N1C(=O)C2(c3cc(C#CC4(O)CCCCCC4)ccc31)C(C(=O)Nc1nc3ccccc3s1)C1C(=O)OC(c3ccccc3)C(c3ccccc3)N1C2c1ccc(OCCO)cc1. The number of thiazole rings is 1. The second-order valence-corrected chi connectivity index (χ2v) is 19.1. The molecule has 1 saturated carbocycles. The van der Waals surface area contributed by atoms with Gasteiger partial charge in [0.1, 0.15) is 42.1 Å². The van der Waals surface area contributed by atoms with Crippen LogP contribution in [0.25, 0.3) is 10.2 Å². The Hall–Kier alpha value is -6.93. The zero-order valence-corrected chi connectivity index (χ0v) is 39.3. The van der Waals surface area contributed by atoms with E-state index in [2.05, 4.69) is 17.2 Å². The Kier molecular flexibility index (Phi) is 13.2. The summed E-state index contributed by atoms with van der Waals surface area (Å²) >= 11 is 1.24. The van der Waals surface area contributed by atoms with E-state index in [-0.39, 0.29) is 42.8 Å². The molecule has 4 aliphatic rings. The average molecular weight is 961 g/mol. The van der Waals surface area contributed by atoms with Crippen LogP contribution in [-0.4, -0.2) is 89.2 Å². The number of benzene rings is 5. The predicted molar refractivity (Wildman–Crippen MR) is 262 cm³/mol. The molecule has 358 valence electrons. The minimum Gasteiger partial charge on any atom is -0.491 e. The first-order chi connectivity index (χ1) is 34.1. The number of aromatic nitrogens is 1. The van der Waals surface area contributed by atoms with Crippen LogP contribution in [-0.2, 0) is 34.0 Å². The molecule has 6 atom stereocenters. The number of para-hydroxylation sites is 1. The van der Waals surface area contributed by atoms with Crippen LogP contribution < -0.4 is 15.0 Å². The summed E-state index contributed by atoms with van der Waals surface area (Å²) in [6, 6.07) is 34.8. The Labute approximate surface area is 409 Å². The maximum absolute atomic E-state index is 16.5. The number of rotatable bonds is 11. The van der Waals surface area contributed by atoms with Gasteiger partial charge in [-0.2, -0.15) is 0 Å². The maximum Gasteiger partial charge on any atom is 0.421 e. The van der Waals surface area contributed by atoms with Crippen molar-refractivity contribution in [3.63, 3.8) is 0 Å². The van der Waals surface area contributed by atoms with Crippen LogP contribution in [0.15, 0.2) is 127 Å².